The first-order valence-electron chi connectivity index (χ1n) is 5.86. The van der Waals surface area contributed by atoms with Gasteiger partial charge in [-0.2, -0.15) is 12.7 Å². The zero-order valence-corrected chi connectivity index (χ0v) is 11.9. The summed E-state index contributed by atoms with van der Waals surface area (Å²) in [5, 5.41) is 0. The van der Waals surface area contributed by atoms with Crippen LogP contribution >= 0.6 is 0 Å². The topological polar surface area (TPSA) is 66.6 Å². The normalized spacial score (nSPS) is 11.8. The van der Waals surface area contributed by atoms with Crippen LogP contribution in [0, 0.1) is 6.92 Å². The highest BCUT2D eigenvalue weighted by molar-refractivity contribution is 7.90. The molecule has 0 atom stereocenters. The number of nitrogens with two attached hydrogens (primary N) is 1. The third-order valence-corrected chi connectivity index (χ3v) is 4.69. The molecule has 1 aromatic rings. The average Bonchev–Trinajstić information content (AvgIpc) is 2.35. The van der Waals surface area contributed by atoms with E-state index in [2.05, 4.69) is 0 Å². The maximum Gasteiger partial charge on any atom is 0.303 e. The van der Waals surface area contributed by atoms with E-state index in [-0.39, 0.29) is 0 Å². The molecule has 0 radical (unpaired) electrons. The molecule has 0 bridgehead atoms. The van der Waals surface area contributed by atoms with Crippen LogP contribution < -0.4 is 10.0 Å². The Morgan fingerprint density at radius 3 is 2.22 bits per heavy atom. The van der Waals surface area contributed by atoms with Crippen LogP contribution in [-0.4, -0.2) is 39.9 Å². The van der Waals surface area contributed by atoms with Gasteiger partial charge >= 0.3 is 10.2 Å². The van der Waals surface area contributed by atoms with E-state index in [0.717, 1.165) is 5.56 Å². The van der Waals surface area contributed by atoms with Crippen LogP contribution in [0.4, 0.5) is 5.69 Å². The summed E-state index contributed by atoms with van der Waals surface area (Å²) in [5.41, 5.74) is 7.14. The van der Waals surface area contributed by atoms with E-state index in [1.807, 2.05) is 19.1 Å². The Labute approximate surface area is 109 Å². The second-order valence-corrected chi connectivity index (χ2v) is 6.34. The summed E-state index contributed by atoms with van der Waals surface area (Å²) < 4.78 is 27.1. The fraction of sp³-hybridized carbons (Fsp3) is 0.500. The van der Waals surface area contributed by atoms with Gasteiger partial charge in [0, 0.05) is 20.6 Å². The van der Waals surface area contributed by atoms with Crippen LogP contribution in [0.3, 0.4) is 0 Å². The van der Waals surface area contributed by atoms with Crippen molar-refractivity contribution in [2.24, 2.45) is 5.73 Å². The molecule has 0 amide bonds. The molecule has 2 N–H and O–H groups in total. The molecule has 1 aromatic carbocycles. The van der Waals surface area contributed by atoms with E-state index in [1.165, 1.54) is 8.61 Å². The van der Waals surface area contributed by atoms with Crippen LogP contribution in [0.25, 0.3) is 0 Å². The molecule has 0 heterocycles. The lowest BCUT2D eigenvalue weighted by Crippen LogP contribution is -2.40. The van der Waals surface area contributed by atoms with Gasteiger partial charge in [0.2, 0.25) is 0 Å². The molecule has 0 aliphatic rings. The van der Waals surface area contributed by atoms with Crippen molar-refractivity contribution < 1.29 is 8.42 Å². The van der Waals surface area contributed by atoms with Crippen LogP contribution in [0.2, 0.25) is 0 Å². The molecule has 6 heteroatoms. The lowest BCUT2D eigenvalue weighted by atomic mass is 10.2. The third kappa shape index (κ3) is 3.44. The Kier molecular flexibility index (Phi) is 5.13. The molecule has 5 nitrogen and oxygen atoms in total. The summed E-state index contributed by atoms with van der Waals surface area (Å²) in [7, 11) is -0.346. The smallest absolute Gasteiger partial charge is 0.303 e. The maximum atomic E-state index is 12.2. The summed E-state index contributed by atoms with van der Waals surface area (Å²) in [4.78, 5) is 0. The van der Waals surface area contributed by atoms with Gasteiger partial charge in [0.15, 0.2) is 0 Å². The highest BCUT2D eigenvalue weighted by Crippen LogP contribution is 2.18. The van der Waals surface area contributed by atoms with Gasteiger partial charge in [-0.05, 0) is 32.0 Å². The monoisotopic (exact) mass is 271 g/mol. The highest BCUT2D eigenvalue weighted by atomic mass is 32.2. The van der Waals surface area contributed by atoms with Crippen molar-refractivity contribution in [3.63, 3.8) is 0 Å². The molecule has 0 aromatic heterocycles. The Bertz CT molecular complexity index is 471. The molecule has 0 fully saturated rings. The Hall–Kier alpha value is -1.11. The van der Waals surface area contributed by atoms with E-state index in [0.29, 0.717) is 25.2 Å². The number of hydrogen-bond donors (Lipinski definition) is 1. The fourth-order valence-electron chi connectivity index (χ4n) is 1.53. The summed E-state index contributed by atoms with van der Waals surface area (Å²) in [6.07, 6.45) is 0.650. The SMILES string of the molecule is Cc1ccc(N(C)S(=O)(=O)N(C)CCCN)cc1. The predicted octanol–water partition coefficient (Wildman–Crippen LogP) is 0.957. The zero-order valence-electron chi connectivity index (χ0n) is 11.1. The van der Waals surface area contributed by atoms with E-state index in [9.17, 15) is 8.42 Å². The first-order chi connectivity index (χ1) is 8.39. The molecule has 0 saturated carbocycles. The Morgan fingerprint density at radius 2 is 1.72 bits per heavy atom. The fourth-order valence-corrected chi connectivity index (χ4v) is 2.69. The number of hydrogen-bond acceptors (Lipinski definition) is 3. The minimum Gasteiger partial charge on any atom is -0.330 e. The third-order valence-electron chi connectivity index (χ3n) is 2.81. The molecule has 102 valence electrons. The van der Waals surface area contributed by atoms with Gasteiger partial charge in [0.05, 0.1) is 5.69 Å². The van der Waals surface area contributed by atoms with Crippen molar-refractivity contribution in [3.05, 3.63) is 29.8 Å². The van der Waals surface area contributed by atoms with Gasteiger partial charge in [-0.25, -0.2) is 0 Å². The van der Waals surface area contributed by atoms with Gasteiger partial charge in [-0.15, -0.1) is 0 Å². The lowest BCUT2D eigenvalue weighted by Gasteiger charge is -2.25. The Morgan fingerprint density at radius 1 is 1.17 bits per heavy atom. The number of nitrogens with zero attached hydrogens (tertiary/aromatic N) is 2. The first-order valence-corrected chi connectivity index (χ1v) is 7.26. The van der Waals surface area contributed by atoms with Crippen molar-refractivity contribution in [1.82, 2.24) is 4.31 Å². The second kappa shape index (κ2) is 6.17. The van der Waals surface area contributed by atoms with E-state index < -0.39 is 10.2 Å². The van der Waals surface area contributed by atoms with E-state index >= 15 is 0 Å². The Balaban J connectivity index is 2.87. The van der Waals surface area contributed by atoms with E-state index in [1.54, 1.807) is 26.2 Å². The minimum absolute atomic E-state index is 0.426. The van der Waals surface area contributed by atoms with Crippen molar-refractivity contribution in [2.75, 3.05) is 31.5 Å². The predicted molar refractivity (Wildman–Crippen MR) is 74.8 cm³/mol. The molecule has 0 spiro atoms. The maximum absolute atomic E-state index is 12.2. The molecular weight excluding hydrogens is 250 g/mol. The number of benzene rings is 1. The van der Waals surface area contributed by atoms with Gasteiger partial charge < -0.3 is 5.73 Å². The zero-order chi connectivity index (χ0) is 13.8. The molecular formula is C12H21N3O2S. The molecule has 0 aliphatic heterocycles. The first kappa shape index (κ1) is 14.9. The van der Waals surface area contributed by atoms with Crippen LogP contribution in [0.5, 0.6) is 0 Å². The van der Waals surface area contributed by atoms with Crippen LogP contribution in [0.1, 0.15) is 12.0 Å². The molecule has 0 unspecified atom stereocenters. The number of aryl methyl sites for hydroxylation is 1. The summed E-state index contributed by atoms with van der Waals surface area (Å²) in [6, 6.07) is 7.37. The summed E-state index contributed by atoms with van der Waals surface area (Å²) in [6.45, 7) is 2.87. The van der Waals surface area contributed by atoms with Crippen LogP contribution in [0.15, 0.2) is 24.3 Å². The highest BCUT2D eigenvalue weighted by Gasteiger charge is 2.23. The van der Waals surface area contributed by atoms with Crippen molar-refractivity contribution in [2.45, 2.75) is 13.3 Å². The second-order valence-electron chi connectivity index (χ2n) is 4.27. The molecule has 1 rings (SSSR count). The van der Waals surface area contributed by atoms with Gasteiger partial charge in [-0.3, -0.25) is 4.31 Å². The largest absolute Gasteiger partial charge is 0.330 e. The van der Waals surface area contributed by atoms with Crippen molar-refractivity contribution >= 4 is 15.9 Å². The molecule has 0 aliphatic carbocycles. The van der Waals surface area contributed by atoms with Crippen molar-refractivity contribution in [1.29, 1.82) is 0 Å². The van der Waals surface area contributed by atoms with Gasteiger partial charge in [0.25, 0.3) is 0 Å². The summed E-state index contributed by atoms with van der Waals surface area (Å²) >= 11 is 0. The lowest BCUT2D eigenvalue weighted by molar-refractivity contribution is 0.462. The van der Waals surface area contributed by atoms with E-state index in [4.69, 9.17) is 5.73 Å². The van der Waals surface area contributed by atoms with Crippen LogP contribution in [-0.2, 0) is 10.2 Å². The standard InChI is InChI=1S/C12H21N3O2S/c1-11-5-7-12(8-6-11)15(3)18(16,17)14(2)10-4-9-13/h5-8H,4,9-10,13H2,1-3H3. The van der Waals surface area contributed by atoms with Gasteiger partial charge in [0.1, 0.15) is 0 Å². The average molecular weight is 271 g/mol. The van der Waals surface area contributed by atoms with Crippen molar-refractivity contribution in [3.8, 4) is 0 Å². The molecule has 18 heavy (non-hydrogen) atoms. The number of anilines is 1. The molecule has 0 saturated heterocycles. The summed E-state index contributed by atoms with van der Waals surface area (Å²) in [5.74, 6) is 0. The minimum atomic E-state index is -3.47. The quantitative estimate of drug-likeness (QED) is 0.838. The number of rotatable bonds is 6. The van der Waals surface area contributed by atoms with Gasteiger partial charge in [-0.1, -0.05) is 17.7 Å².